The van der Waals surface area contributed by atoms with Gasteiger partial charge in [-0.1, -0.05) is 23.7 Å². The number of aromatic nitrogens is 1. The Morgan fingerprint density at radius 2 is 2.00 bits per heavy atom. The van der Waals surface area contributed by atoms with Gasteiger partial charge in [-0.3, -0.25) is 9.59 Å². The van der Waals surface area contributed by atoms with Crippen LogP contribution in [0.25, 0.3) is 0 Å². The van der Waals surface area contributed by atoms with Gasteiger partial charge >= 0.3 is 6.36 Å². The summed E-state index contributed by atoms with van der Waals surface area (Å²) in [5, 5.41) is 5.45. The lowest BCUT2D eigenvalue weighted by atomic mass is 9.96. The van der Waals surface area contributed by atoms with E-state index in [1.165, 1.54) is 12.1 Å². The first-order chi connectivity index (χ1) is 16.4. The molecule has 3 atom stereocenters. The van der Waals surface area contributed by atoms with Crippen molar-refractivity contribution in [3.8, 4) is 5.75 Å². The molecule has 2 amide bonds. The molecule has 1 saturated carbocycles. The molecule has 0 saturated heterocycles. The third-order valence-electron chi connectivity index (χ3n) is 6.08. The number of nitrogens with one attached hydrogen (secondary N) is 2. The van der Waals surface area contributed by atoms with Gasteiger partial charge in [-0.2, -0.15) is 0 Å². The molecule has 0 spiro atoms. The summed E-state index contributed by atoms with van der Waals surface area (Å²) in [5.41, 5.74) is 7.97. The number of halogens is 4. The Morgan fingerprint density at radius 1 is 1.26 bits per heavy atom. The quantitative estimate of drug-likeness (QED) is 0.489. The van der Waals surface area contributed by atoms with E-state index >= 15 is 0 Å². The summed E-state index contributed by atoms with van der Waals surface area (Å²) in [6.07, 6.45) is -2.14. The molecule has 0 unspecified atom stereocenters. The summed E-state index contributed by atoms with van der Waals surface area (Å²) in [4.78, 5) is 29.3. The Morgan fingerprint density at radius 3 is 2.66 bits per heavy atom. The van der Waals surface area contributed by atoms with Crippen molar-refractivity contribution < 1.29 is 27.5 Å². The number of anilines is 1. The largest absolute Gasteiger partial charge is 0.573 e. The number of nitrogens with two attached hydrogens (primary N) is 1. The summed E-state index contributed by atoms with van der Waals surface area (Å²) in [6.45, 7) is 3.71. The van der Waals surface area contributed by atoms with Crippen LogP contribution < -0.4 is 21.1 Å². The van der Waals surface area contributed by atoms with E-state index in [4.69, 9.17) is 17.3 Å². The van der Waals surface area contributed by atoms with Gasteiger partial charge in [-0.25, -0.2) is 4.98 Å². The number of rotatable bonds is 8. The molecule has 0 bridgehead atoms. The molecule has 1 aromatic carbocycles. The summed E-state index contributed by atoms with van der Waals surface area (Å²) in [5.74, 6) is -0.582. The lowest BCUT2D eigenvalue weighted by Gasteiger charge is -2.18. The highest BCUT2D eigenvalue weighted by molar-refractivity contribution is 6.32. The van der Waals surface area contributed by atoms with Gasteiger partial charge in [0.1, 0.15) is 17.6 Å². The molecule has 11 heteroatoms. The number of ether oxygens (including phenoxy) is 1. The molecular formula is C24H28ClF3N4O3. The highest BCUT2D eigenvalue weighted by Crippen LogP contribution is 2.36. The van der Waals surface area contributed by atoms with Crippen LogP contribution in [0.4, 0.5) is 19.0 Å². The topological polar surface area (TPSA) is 106 Å². The van der Waals surface area contributed by atoms with Gasteiger partial charge in [0.2, 0.25) is 11.8 Å². The maximum atomic E-state index is 12.7. The third kappa shape index (κ3) is 7.74. The first kappa shape index (κ1) is 26.6. The molecule has 7 nitrogen and oxygen atoms in total. The van der Waals surface area contributed by atoms with Crippen molar-refractivity contribution in [3.63, 3.8) is 0 Å². The normalized spacial score (nSPS) is 18.7. The highest BCUT2D eigenvalue weighted by atomic mass is 35.5. The van der Waals surface area contributed by atoms with E-state index in [0.29, 0.717) is 25.1 Å². The minimum absolute atomic E-state index is 0.114. The molecule has 3 rings (SSSR count). The lowest BCUT2D eigenvalue weighted by molar-refractivity contribution is -0.274. The second-order valence-corrected chi connectivity index (χ2v) is 9.23. The summed E-state index contributed by atoms with van der Waals surface area (Å²) in [7, 11) is 0. The van der Waals surface area contributed by atoms with Crippen LogP contribution >= 0.6 is 11.6 Å². The number of aryl methyl sites for hydroxylation is 1. The van der Waals surface area contributed by atoms with Gasteiger partial charge in [-0.05, 0) is 74.8 Å². The number of carbonyl (C=O) groups is 2. The van der Waals surface area contributed by atoms with E-state index in [2.05, 4.69) is 20.4 Å². The van der Waals surface area contributed by atoms with E-state index < -0.39 is 18.2 Å². The van der Waals surface area contributed by atoms with Gasteiger partial charge in [-0.15, -0.1) is 13.2 Å². The Labute approximate surface area is 206 Å². The average molecular weight is 513 g/mol. The predicted molar refractivity (Wildman–Crippen MR) is 126 cm³/mol. The van der Waals surface area contributed by atoms with Gasteiger partial charge in [0.25, 0.3) is 0 Å². The molecule has 2 aromatic rings. The molecule has 0 radical (unpaired) electrons. The summed E-state index contributed by atoms with van der Waals surface area (Å²) >= 11 is 5.93. The SMILES string of the molecule is Cc1nc(N)ccc1CNC(=O)[C@H](C)NC(=O)[C@@H]1CC[C@@H](Cc2ccc(OC(F)(F)F)c(Cl)c2)C1. The maximum Gasteiger partial charge on any atom is 0.573 e. The minimum Gasteiger partial charge on any atom is -0.404 e. The van der Waals surface area contributed by atoms with Crippen molar-refractivity contribution in [2.75, 3.05) is 5.73 Å². The van der Waals surface area contributed by atoms with Crippen molar-refractivity contribution >= 4 is 29.2 Å². The molecular weight excluding hydrogens is 485 g/mol. The first-order valence-corrected chi connectivity index (χ1v) is 11.6. The number of pyridine rings is 1. The van der Waals surface area contributed by atoms with Crippen LogP contribution in [0, 0.1) is 18.8 Å². The molecule has 190 valence electrons. The number of hydrogen-bond acceptors (Lipinski definition) is 5. The molecule has 1 fully saturated rings. The van der Waals surface area contributed by atoms with Crippen molar-refractivity contribution in [3.05, 3.63) is 52.2 Å². The number of carbonyl (C=O) groups excluding carboxylic acids is 2. The van der Waals surface area contributed by atoms with E-state index in [-0.39, 0.29) is 35.2 Å². The Kier molecular flexibility index (Phi) is 8.47. The standard InChI is InChI=1S/C24H28ClF3N4O3/c1-13-18(6-8-21(29)31-13)12-30-22(33)14(2)32-23(34)17-5-3-15(10-17)9-16-4-7-20(19(25)11-16)35-24(26,27)28/h4,6-8,11,14-15,17H,3,5,9-10,12H2,1-2H3,(H2,29,31)(H,30,33)(H,32,34)/t14-,15-,17+/m0/s1. The van der Waals surface area contributed by atoms with Crippen molar-refractivity contribution in [1.29, 1.82) is 0 Å². The number of alkyl halides is 3. The lowest BCUT2D eigenvalue weighted by Crippen LogP contribution is -2.46. The van der Waals surface area contributed by atoms with Gasteiger partial charge < -0.3 is 21.1 Å². The van der Waals surface area contributed by atoms with Crippen LogP contribution in [0.1, 0.15) is 43.0 Å². The molecule has 1 aromatic heterocycles. The zero-order valence-electron chi connectivity index (χ0n) is 19.4. The van der Waals surface area contributed by atoms with Crippen LogP contribution in [0.15, 0.2) is 30.3 Å². The van der Waals surface area contributed by atoms with Crippen LogP contribution in [0.3, 0.4) is 0 Å². The average Bonchev–Trinajstić information content (AvgIpc) is 3.22. The molecule has 1 aliphatic carbocycles. The maximum absolute atomic E-state index is 12.7. The summed E-state index contributed by atoms with van der Waals surface area (Å²) in [6, 6.07) is 6.96. The van der Waals surface area contributed by atoms with Crippen LogP contribution in [-0.4, -0.2) is 29.2 Å². The van der Waals surface area contributed by atoms with Crippen LogP contribution in [0.5, 0.6) is 5.75 Å². The molecule has 35 heavy (non-hydrogen) atoms. The third-order valence-corrected chi connectivity index (χ3v) is 6.38. The number of hydrogen-bond donors (Lipinski definition) is 3. The van der Waals surface area contributed by atoms with Crippen molar-refractivity contribution in [2.24, 2.45) is 11.8 Å². The first-order valence-electron chi connectivity index (χ1n) is 11.3. The van der Waals surface area contributed by atoms with E-state index in [0.717, 1.165) is 23.2 Å². The fourth-order valence-electron chi connectivity index (χ4n) is 4.24. The zero-order chi connectivity index (χ0) is 25.8. The minimum atomic E-state index is -4.81. The number of benzene rings is 1. The van der Waals surface area contributed by atoms with Gasteiger partial charge in [0, 0.05) is 18.2 Å². The van der Waals surface area contributed by atoms with E-state index in [1.54, 1.807) is 32.0 Å². The molecule has 1 heterocycles. The number of amides is 2. The van der Waals surface area contributed by atoms with E-state index in [9.17, 15) is 22.8 Å². The molecule has 1 aliphatic rings. The van der Waals surface area contributed by atoms with Crippen LogP contribution in [0.2, 0.25) is 5.02 Å². The number of nitrogen functional groups attached to an aromatic ring is 1. The second kappa shape index (κ2) is 11.2. The van der Waals surface area contributed by atoms with Crippen molar-refractivity contribution in [2.45, 2.75) is 58.5 Å². The van der Waals surface area contributed by atoms with Gasteiger partial charge in [0.15, 0.2) is 0 Å². The molecule has 0 aliphatic heterocycles. The van der Waals surface area contributed by atoms with E-state index in [1.807, 2.05) is 0 Å². The second-order valence-electron chi connectivity index (χ2n) is 8.82. The fraction of sp³-hybridized carbons (Fsp3) is 0.458. The highest BCUT2D eigenvalue weighted by Gasteiger charge is 2.33. The monoisotopic (exact) mass is 512 g/mol. The fourth-order valence-corrected chi connectivity index (χ4v) is 4.48. The van der Waals surface area contributed by atoms with Gasteiger partial charge in [0.05, 0.1) is 5.02 Å². The smallest absolute Gasteiger partial charge is 0.404 e. The zero-order valence-corrected chi connectivity index (χ0v) is 20.2. The summed E-state index contributed by atoms with van der Waals surface area (Å²) < 4.78 is 41.1. The Bertz CT molecular complexity index is 1080. The predicted octanol–water partition coefficient (Wildman–Crippen LogP) is 4.30. The molecule has 4 N–H and O–H groups in total. The Balaban J connectivity index is 1.46. The number of nitrogens with zero attached hydrogens (tertiary/aromatic N) is 1. The van der Waals surface area contributed by atoms with Crippen molar-refractivity contribution in [1.82, 2.24) is 15.6 Å². The van der Waals surface area contributed by atoms with Crippen LogP contribution in [-0.2, 0) is 22.6 Å². The Hall–Kier alpha value is -3.01.